The molecule has 1 aromatic heterocycles. The molecule has 3 aliphatic rings. The van der Waals surface area contributed by atoms with Crippen molar-refractivity contribution in [2.24, 2.45) is 74.0 Å². The van der Waals surface area contributed by atoms with Gasteiger partial charge in [0.05, 0.1) is 5.69 Å². The van der Waals surface area contributed by atoms with E-state index >= 15 is 0 Å². The number of imide groups is 1. The minimum atomic E-state index is -4.25. The average Bonchev–Trinajstić information content (AvgIpc) is 0.900. The van der Waals surface area contributed by atoms with E-state index < -0.39 is 24.4 Å². The summed E-state index contributed by atoms with van der Waals surface area (Å²) in [7, 11) is 3.38. The normalized spacial score (nSPS) is 13.0. The lowest BCUT2D eigenvalue weighted by molar-refractivity contribution is -0.132. The fraction of sp³-hybridized carbons (Fsp3) is 0.675. The molecule has 0 spiro atoms. The number of carbonyl (C=O) groups is 4. The molecule has 1 atom stereocenters. The van der Waals surface area contributed by atoms with Gasteiger partial charge in [-0.25, -0.2) is 13.6 Å². The minimum absolute atomic E-state index is 0. The second-order valence-corrected chi connectivity index (χ2v) is 25.4. The van der Waals surface area contributed by atoms with E-state index in [9.17, 15) is 50.7 Å². The molecule has 3 fully saturated rings. The number of aliphatic imine (C=N–C) groups is 3. The van der Waals surface area contributed by atoms with Crippen LogP contribution in [-0.4, -0.2) is 90.2 Å². The second kappa shape index (κ2) is 59.4. The summed E-state index contributed by atoms with van der Waals surface area (Å²) >= 11 is 0. The van der Waals surface area contributed by atoms with Crippen molar-refractivity contribution in [1.82, 2.24) is 26.0 Å². The van der Waals surface area contributed by atoms with Crippen LogP contribution in [0, 0.1) is 115 Å². The monoisotopic (exact) mass is 1450 g/mol. The van der Waals surface area contributed by atoms with Crippen molar-refractivity contribution in [1.29, 1.82) is 5.26 Å². The molecule has 0 bridgehead atoms. The number of carbonyl (C=O) groups excluding carboxylic acids is 4. The predicted octanol–water partition coefficient (Wildman–Crippen LogP) is 18.5. The number of nitriles is 1. The molecule has 6 rings (SSSR count). The molecule has 1 heterocycles. The number of amidine groups is 3. The number of amides is 5. The Labute approximate surface area is 614 Å². The number of nitrogens with two attached hydrogens (primary N) is 1. The second-order valence-electron chi connectivity index (χ2n) is 25.4. The SMILES string of the molecule is C.C.C.C.C.C.C.C.C#CN=C(NCC(F)(F)F)C(C)C.C#CNC(=NC)C(C)C.CC(C)C(=O)N(C(=O)NC1CC1)C1CC1.CC(C)C(=O)Nc1ccc(F)c(F)c1.CC(C)C(C)C1CCCCC1.CC(C)C(N)=NC#N.CNc1c(C(C)C)c(=O)c1=O.Cc1noc(C)c1NC(=O)C(C)C. The van der Waals surface area contributed by atoms with Crippen molar-refractivity contribution < 1.29 is 45.7 Å². The van der Waals surface area contributed by atoms with Crippen LogP contribution >= 0.6 is 0 Å². The number of aromatic nitrogens is 1. The number of hydrogen-bond acceptors (Lipinski definition) is 13. The Morgan fingerprint density at radius 3 is 1.50 bits per heavy atom. The number of rotatable bonds is 15. The van der Waals surface area contributed by atoms with E-state index in [1.165, 1.54) is 43.1 Å². The lowest BCUT2D eigenvalue weighted by Gasteiger charge is -2.30. The maximum Gasteiger partial charge on any atom is 0.405 e. The first-order valence-electron chi connectivity index (χ1n) is 32.1. The van der Waals surface area contributed by atoms with Crippen LogP contribution in [0.3, 0.4) is 0 Å². The van der Waals surface area contributed by atoms with Gasteiger partial charge in [-0.2, -0.15) is 28.4 Å². The van der Waals surface area contributed by atoms with E-state index in [2.05, 4.69) is 78.9 Å². The van der Waals surface area contributed by atoms with Crippen molar-refractivity contribution in [3.05, 3.63) is 67.3 Å². The van der Waals surface area contributed by atoms with Crippen molar-refractivity contribution in [3.8, 4) is 31.1 Å². The number of hydrogen-bond donors (Lipinski definition) is 7. The van der Waals surface area contributed by atoms with Gasteiger partial charge in [-0.1, -0.05) is 227 Å². The van der Waals surface area contributed by atoms with Crippen LogP contribution in [-0.2, 0) is 14.4 Å². The zero-order valence-electron chi connectivity index (χ0n) is 59.4. The van der Waals surface area contributed by atoms with E-state index in [-0.39, 0.29) is 147 Å². The standard InChI is InChI=1S/C11H18N2O2.C11H22.C10H11F2NO.C9H14N2O2.C8H11F3N2.C8H11NO2.C7H12N2.C5H9N3.8CH4/c1-7(2)10(14)13(9-5-6-9)11(15)12-8-3-4-8;1-9(2)10(3)11-7-5-4-6-8-11;1-6(2)10(14)13-7-3-4-8(11)9(12)5-7;1-5(2)9(12)10-8-6(3)11-13-7(8)4;1-4-12-7(6(2)3)13-5-8(9,10)11;1-4(2)5-6(9-3)8(11)7(5)10;1-5-9-7(8-4)6(2)3;1-4(2)5(7)8-3-6;;;;;;;;/h7-9H,3-6H2,1-2H3,(H,12,15);9-11H,4-8H2,1-3H3;3-6H,1-2H3,(H,13,14);5H,1-4H3,(H,10,12);1,6H,5H2,2-3H3,(H,12,13);4,9H,1-3H3;1,6H,2-4H3,(H,8,9);4H,1-2H3,(H2,7,8);8*1H4. The Kier molecular flexibility index (Phi) is 67.0. The maximum absolute atomic E-state index is 12.7. The Bertz CT molecular complexity index is 3070. The molecule has 3 aromatic rings. The molecular weight excluding hydrogens is 1310 g/mol. The summed E-state index contributed by atoms with van der Waals surface area (Å²) < 4.78 is 65.4. The minimum Gasteiger partial charge on any atom is -0.386 e. The molecule has 0 aliphatic heterocycles. The summed E-state index contributed by atoms with van der Waals surface area (Å²) in [6.45, 7) is 35.5. The summed E-state index contributed by atoms with van der Waals surface area (Å²) in [6.07, 6.45) is 18.7. The molecule has 3 saturated carbocycles. The van der Waals surface area contributed by atoms with Crippen LogP contribution in [0.25, 0.3) is 0 Å². The highest BCUT2D eigenvalue weighted by molar-refractivity contribution is 5.96. The number of benzene rings is 1. The molecule has 3 aliphatic carbocycles. The van der Waals surface area contributed by atoms with Crippen LogP contribution < -0.4 is 48.5 Å². The van der Waals surface area contributed by atoms with Crippen LogP contribution in [0.5, 0.6) is 0 Å². The van der Waals surface area contributed by atoms with E-state index in [1.54, 1.807) is 61.8 Å². The van der Waals surface area contributed by atoms with Crippen LogP contribution in [0.15, 0.2) is 47.3 Å². The Balaban J connectivity index is -0.000000118. The summed E-state index contributed by atoms with van der Waals surface area (Å²) in [4.78, 5) is 80.1. The molecule has 5 amide bonds. The van der Waals surface area contributed by atoms with Crippen molar-refractivity contribution >= 4 is 58.3 Å². The Hall–Kier alpha value is -8.14. The van der Waals surface area contributed by atoms with E-state index in [0.29, 0.717) is 46.2 Å². The zero-order chi connectivity index (χ0) is 72.9. The average molecular weight is 1460 g/mol. The first kappa shape index (κ1) is 115. The van der Waals surface area contributed by atoms with Gasteiger partial charge in [-0.15, -0.1) is 0 Å². The number of aryl methyl sites for hydroxylation is 2. The fourth-order valence-electron chi connectivity index (χ4n) is 8.08. The van der Waals surface area contributed by atoms with Gasteiger partial charge >= 0.3 is 12.2 Å². The van der Waals surface area contributed by atoms with Crippen molar-refractivity contribution in [3.63, 3.8) is 0 Å². The van der Waals surface area contributed by atoms with Crippen molar-refractivity contribution in [2.45, 2.75) is 273 Å². The van der Waals surface area contributed by atoms with E-state index in [1.807, 2.05) is 75.3 Å². The highest BCUT2D eigenvalue weighted by Gasteiger charge is 2.39. The molecule has 102 heavy (non-hydrogen) atoms. The van der Waals surface area contributed by atoms with Crippen LogP contribution in [0.4, 0.5) is 43.8 Å². The Morgan fingerprint density at radius 1 is 0.686 bits per heavy atom. The number of nitrogens with one attached hydrogen (secondary N) is 6. The third kappa shape index (κ3) is 47.1. The van der Waals surface area contributed by atoms with Gasteiger partial charge < -0.3 is 42.2 Å². The number of halogens is 5. The first-order chi connectivity index (χ1) is 43.7. The molecular formula is C77H140F5N13O7. The summed E-state index contributed by atoms with van der Waals surface area (Å²) in [5, 5.41) is 27.4. The smallest absolute Gasteiger partial charge is 0.386 e. The predicted molar refractivity (Wildman–Crippen MR) is 422 cm³/mol. The number of alkyl halides is 3. The number of terminal acetylenes is 2. The third-order valence-electron chi connectivity index (χ3n) is 14.5. The molecule has 1 unspecified atom stereocenters. The van der Waals surface area contributed by atoms with Gasteiger partial charge in [0.1, 0.15) is 35.4 Å². The zero-order valence-corrected chi connectivity index (χ0v) is 59.4. The lowest BCUT2D eigenvalue weighted by Crippen LogP contribution is -2.47. The third-order valence-corrected chi connectivity index (χ3v) is 14.5. The molecule has 590 valence electrons. The van der Waals surface area contributed by atoms with Gasteiger partial charge in [0.2, 0.25) is 34.8 Å². The molecule has 8 N–H and O–H groups in total. The van der Waals surface area contributed by atoms with E-state index in [0.717, 1.165) is 61.4 Å². The molecule has 0 saturated heterocycles. The van der Waals surface area contributed by atoms with Gasteiger partial charge in [-0.05, 0) is 75.3 Å². The summed E-state index contributed by atoms with van der Waals surface area (Å²) in [6, 6.07) is 7.81. The Morgan fingerprint density at radius 2 is 1.19 bits per heavy atom. The topological polar surface area (TPSA) is 291 Å². The van der Waals surface area contributed by atoms with Gasteiger partial charge in [0.25, 0.3) is 0 Å². The molecule has 2 aromatic carbocycles. The number of anilines is 3. The van der Waals surface area contributed by atoms with Crippen LogP contribution in [0.2, 0.25) is 0 Å². The van der Waals surface area contributed by atoms with Crippen LogP contribution in [0.1, 0.15) is 258 Å². The summed E-state index contributed by atoms with van der Waals surface area (Å²) in [5.74, 6) is 3.02. The molecule has 20 nitrogen and oxygen atoms in total. The quantitative estimate of drug-likeness (QED) is 0.0142. The highest BCUT2D eigenvalue weighted by atomic mass is 19.4. The summed E-state index contributed by atoms with van der Waals surface area (Å²) in [5.41, 5.74) is 7.35. The number of urea groups is 1. The largest absolute Gasteiger partial charge is 0.405 e. The maximum atomic E-state index is 12.7. The lowest BCUT2D eigenvalue weighted by atomic mass is 9.76. The van der Waals surface area contributed by atoms with Gasteiger partial charge in [0, 0.05) is 91.1 Å². The fourth-order valence-corrected chi connectivity index (χ4v) is 8.08. The highest BCUT2D eigenvalue weighted by Crippen LogP contribution is 2.33. The number of nitrogens with zero attached hydrogens (tertiary/aromatic N) is 6. The molecule has 25 heteroatoms. The van der Waals surface area contributed by atoms with E-state index in [4.69, 9.17) is 28.4 Å². The first-order valence-corrected chi connectivity index (χ1v) is 32.1. The van der Waals surface area contributed by atoms with Crippen molar-refractivity contribution in [2.75, 3.05) is 36.6 Å². The molecule has 0 radical (unpaired) electrons. The van der Waals surface area contributed by atoms with Gasteiger partial charge in [-0.3, -0.25) is 33.9 Å². The van der Waals surface area contributed by atoms with Gasteiger partial charge in [0.15, 0.2) is 17.4 Å².